The van der Waals surface area contributed by atoms with Gasteiger partial charge in [0.1, 0.15) is 5.82 Å². The summed E-state index contributed by atoms with van der Waals surface area (Å²) in [6.07, 6.45) is -0.106. The van der Waals surface area contributed by atoms with Crippen LogP contribution in [0.3, 0.4) is 0 Å². The number of carboxylic acids is 1. The minimum atomic E-state index is -0.944. The van der Waals surface area contributed by atoms with Crippen LogP contribution in [0.15, 0.2) is 42.5 Å². The predicted octanol–water partition coefficient (Wildman–Crippen LogP) is 2.16. The Morgan fingerprint density at radius 2 is 1.89 bits per heavy atom. The van der Waals surface area contributed by atoms with E-state index >= 15 is 0 Å². The smallest absolute Gasteiger partial charge is 0.305 e. The van der Waals surface area contributed by atoms with Crippen molar-refractivity contribution >= 4 is 22.9 Å². The number of aromatic nitrogens is 2. The van der Waals surface area contributed by atoms with Gasteiger partial charge in [-0.15, -0.1) is 0 Å². The van der Waals surface area contributed by atoms with Crippen LogP contribution in [0.1, 0.15) is 22.3 Å². The maximum absolute atomic E-state index is 12.2. The third-order valence-electron chi connectivity index (χ3n) is 4.36. The maximum atomic E-state index is 12.2. The number of amides is 1. The maximum Gasteiger partial charge on any atom is 0.305 e. The van der Waals surface area contributed by atoms with E-state index in [1.54, 1.807) is 12.1 Å². The Labute approximate surface area is 157 Å². The molecule has 2 aromatic carbocycles. The van der Waals surface area contributed by atoms with Crippen LogP contribution in [0.25, 0.3) is 22.4 Å². The fraction of sp³-hybridized carbons (Fsp3) is 0.250. The number of nitrogens with one attached hydrogen (secondary N) is 2. The van der Waals surface area contributed by atoms with Crippen molar-refractivity contribution in [2.24, 2.45) is 7.05 Å². The summed E-state index contributed by atoms with van der Waals surface area (Å²) in [4.78, 5) is 27.4. The summed E-state index contributed by atoms with van der Waals surface area (Å²) in [7, 11) is 3.85. The number of carbonyl (C=O) groups excluding carboxylic acids is 1. The quantitative estimate of drug-likeness (QED) is 0.595. The van der Waals surface area contributed by atoms with E-state index in [9.17, 15) is 9.59 Å². The molecule has 1 amide bonds. The molecule has 0 atom stereocenters. The number of imidazole rings is 1. The highest BCUT2D eigenvalue weighted by Gasteiger charge is 2.13. The minimum absolute atomic E-state index is 0.0959. The van der Waals surface area contributed by atoms with Gasteiger partial charge in [-0.25, -0.2) is 4.98 Å². The molecule has 0 aliphatic carbocycles. The minimum Gasteiger partial charge on any atom is -0.481 e. The van der Waals surface area contributed by atoms with Gasteiger partial charge in [-0.05, 0) is 30.8 Å². The summed E-state index contributed by atoms with van der Waals surface area (Å²) in [5.74, 6) is -0.424. The van der Waals surface area contributed by atoms with Crippen molar-refractivity contribution < 1.29 is 14.7 Å². The van der Waals surface area contributed by atoms with Crippen LogP contribution < -0.4 is 10.6 Å². The molecule has 0 unspecified atom stereocenters. The molecule has 27 heavy (non-hydrogen) atoms. The molecule has 3 aromatic rings. The number of benzene rings is 2. The first-order chi connectivity index (χ1) is 13.0. The number of carboxylic acid groups (broad SMARTS) is 1. The lowest BCUT2D eigenvalue weighted by molar-refractivity contribution is -0.136. The molecular formula is C20H22N4O3. The Bertz CT molecular complexity index is 977. The summed E-state index contributed by atoms with van der Waals surface area (Å²) < 4.78 is 1.99. The second-order valence-corrected chi connectivity index (χ2v) is 6.32. The molecule has 0 fully saturated rings. The van der Waals surface area contributed by atoms with Crippen LogP contribution in [0.2, 0.25) is 0 Å². The molecule has 0 bridgehead atoms. The van der Waals surface area contributed by atoms with Gasteiger partial charge in [0.15, 0.2) is 0 Å². The SMILES string of the molecule is CNCc1ccc(-c2nc3cc(C(=O)NCCC(=O)O)ccc3n2C)cc1. The zero-order chi connectivity index (χ0) is 19.4. The van der Waals surface area contributed by atoms with Gasteiger partial charge in [0.2, 0.25) is 0 Å². The van der Waals surface area contributed by atoms with Crippen LogP contribution in [-0.2, 0) is 18.4 Å². The highest BCUT2D eigenvalue weighted by atomic mass is 16.4. The zero-order valence-electron chi connectivity index (χ0n) is 15.3. The molecule has 0 radical (unpaired) electrons. The number of aliphatic carboxylic acids is 1. The van der Waals surface area contributed by atoms with E-state index in [-0.39, 0.29) is 18.9 Å². The molecule has 7 nitrogen and oxygen atoms in total. The lowest BCUT2D eigenvalue weighted by Gasteiger charge is -2.05. The van der Waals surface area contributed by atoms with Crippen LogP contribution in [0.5, 0.6) is 0 Å². The van der Waals surface area contributed by atoms with Gasteiger partial charge in [0.25, 0.3) is 5.91 Å². The number of nitrogens with zero attached hydrogens (tertiary/aromatic N) is 2. The van der Waals surface area contributed by atoms with E-state index in [0.717, 1.165) is 29.0 Å². The molecule has 3 N–H and O–H groups in total. The van der Waals surface area contributed by atoms with Gasteiger partial charge in [0, 0.05) is 31.3 Å². The van der Waals surface area contributed by atoms with Gasteiger partial charge in [-0.2, -0.15) is 0 Å². The van der Waals surface area contributed by atoms with Crippen molar-refractivity contribution in [3.8, 4) is 11.4 Å². The van der Waals surface area contributed by atoms with Gasteiger partial charge in [-0.1, -0.05) is 24.3 Å². The number of carbonyl (C=O) groups is 2. The molecule has 0 saturated carbocycles. The first-order valence-electron chi connectivity index (χ1n) is 8.70. The number of hydrogen-bond donors (Lipinski definition) is 3. The lowest BCUT2D eigenvalue weighted by atomic mass is 10.1. The zero-order valence-corrected chi connectivity index (χ0v) is 15.3. The van der Waals surface area contributed by atoms with Crippen molar-refractivity contribution in [2.75, 3.05) is 13.6 Å². The third kappa shape index (κ3) is 4.15. The van der Waals surface area contributed by atoms with E-state index in [4.69, 9.17) is 5.11 Å². The average Bonchev–Trinajstić information content (AvgIpc) is 2.98. The molecule has 7 heteroatoms. The van der Waals surface area contributed by atoms with Gasteiger partial charge >= 0.3 is 5.97 Å². The van der Waals surface area contributed by atoms with Crippen LogP contribution >= 0.6 is 0 Å². The van der Waals surface area contributed by atoms with Gasteiger partial charge in [-0.3, -0.25) is 9.59 Å². The molecule has 0 spiro atoms. The molecule has 0 aliphatic heterocycles. The third-order valence-corrected chi connectivity index (χ3v) is 4.36. The molecule has 0 saturated heterocycles. The van der Waals surface area contributed by atoms with Gasteiger partial charge in [0.05, 0.1) is 17.5 Å². The first-order valence-corrected chi connectivity index (χ1v) is 8.70. The lowest BCUT2D eigenvalue weighted by Crippen LogP contribution is -2.25. The van der Waals surface area contributed by atoms with Crippen molar-refractivity contribution in [2.45, 2.75) is 13.0 Å². The molecule has 3 rings (SSSR count). The predicted molar refractivity (Wildman–Crippen MR) is 103 cm³/mol. The van der Waals surface area contributed by atoms with Crippen LogP contribution in [0, 0.1) is 0 Å². The Morgan fingerprint density at radius 1 is 1.15 bits per heavy atom. The van der Waals surface area contributed by atoms with Crippen molar-refractivity contribution in [3.05, 3.63) is 53.6 Å². The van der Waals surface area contributed by atoms with Gasteiger partial charge < -0.3 is 20.3 Å². The molecular weight excluding hydrogens is 344 g/mol. The summed E-state index contributed by atoms with van der Waals surface area (Å²) in [6.45, 7) is 0.905. The van der Waals surface area contributed by atoms with E-state index in [2.05, 4.69) is 27.8 Å². The van der Waals surface area contributed by atoms with E-state index in [1.807, 2.05) is 36.9 Å². The number of aryl methyl sites for hydroxylation is 1. The summed E-state index contributed by atoms with van der Waals surface area (Å²) >= 11 is 0. The normalized spacial score (nSPS) is 10.9. The monoisotopic (exact) mass is 366 g/mol. The summed E-state index contributed by atoms with van der Waals surface area (Å²) in [6, 6.07) is 13.5. The first kappa shape index (κ1) is 18.6. The summed E-state index contributed by atoms with van der Waals surface area (Å²) in [5, 5.41) is 14.4. The number of fused-ring (bicyclic) bond motifs is 1. The topological polar surface area (TPSA) is 96.2 Å². The Kier molecular flexibility index (Phi) is 5.52. The highest BCUT2D eigenvalue weighted by molar-refractivity contribution is 5.98. The Hall–Kier alpha value is -3.19. The average molecular weight is 366 g/mol. The number of rotatable bonds is 7. The largest absolute Gasteiger partial charge is 0.481 e. The molecule has 0 aliphatic rings. The summed E-state index contributed by atoms with van der Waals surface area (Å²) in [5.41, 5.74) is 4.30. The van der Waals surface area contributed by atoms with Crippen molar-refractivity contribution in [1.29, 1.82) is 0 Å². The fourth-order valence-electron chi connectivity index (χ4n) is 2.96. The Balaban J connectivity index is 1.85. The molecule has 1 heterocycles. The second kappa shape index (κ2) is 8.01. The molecule has 140 valence electrons. The van der Waals surface area contributed by atoms with E-state index < -0.39 is 5.97 Å². The van der Waals surface area contributed by atoms with Crippen LogP contribution in [0.4, 0.5) is 0 Å². The highest BCUT2D eigenvalue weighted by Crippen LogP contribution is 2.24. The fourth-order valence-corrected chi connectivity index (χ4v) is 2.96. The van der Waals surface area contributed by atoms with Crippen molar-refractivity contribution in [1.82, 2.24) is 20.2 Å². The van der Waals surface area contributed by atoms with E-state index in [0.29, 0.717) is 5.56 Å². The Morgan fingerprint density at radius 3 is 2.56 bits per heavy atom. The van der Waals surface area contributed by atoms with Crippen molar-refractivity contribution in [3.63, 3.8) is 0 Å². The van der Waals surface area contributed by atoms with E-state index in [1.165, 1.54) is 5.56 Å². The van der Waals surface area contributed by atoms with Crippen LogP contribution in [-0.4, -0.2) is 40.1 Å². The standard InChI is InChI=1S/C20H22N4O3/c1-21-12-13-3-5-14(6-4-13)19-23-16-11-15(7-8-17(16)24(19)2)20(27)22-10-9-18(25)26/h3-8,11,21H,9-10,12H2,1-2H3,(H,22,27)(H,25,26). The second-order valence-electron chi connectivity index (χ2n) is 6.32. The number of hydrogen-bond acceptors (Lipinski definition) is 4. The molecule has 1 aromatic heterocycles.